The van der Waals surface area contributed by atoms with Crippen LogP contribution >= 0.6 is 23.2 Å². The van der Waals surface area contributed by atoms with Crippen LogP contribution in [0.4, 0.5) is 0 Å². The van der Waals surface area contributed by atoms with E-state index in [0.29, 0.717) is 59.9 Å². The van der Waals surface area contributed by atoms with Gasteiger partial charge in [0.05, 0.1) is 38.0 Å². The van der Waals surface area contributed by atoms with Gasteiger partial charge in [-0.3, -0.25) is 19.2 Å². The summed E-state index contributed by atoms with van der Waals surface area (Å²) in [5.74, 6) is -1.42. The third-order valence-corrected chi connectivity index (χ3v) is 10.1. The molecule has 11 nitrogen and oxygen atoms in total. The van der Waals surface area contributed by atoms with E-state index in [2.05, 4.69) is 10.2 Å². The minimum Gasteiger partial charge on any atom is -0.494 e. The molecule has 4 atom stereocenters. The maximum Gasteiger partial charge on any atom is 0.305 e. The predicted octanol–water partition coefficient (Wildman–Crippen LogP) is 6.10. The van der Waals surface area contributed by atoms with Gasteiger partial charge in [-0.05, 0) is 73.2 Å². The summed E-state index contributed by atoms with van der Waals surface area (Å²) < 4.78 is 38.2. The van der Waals surface area contributed by atoms with Crippen molar-refractivity contribution in [2.45, 2.75) is 76.1 Å². The van der Waals surface area contributed by atoms with Crippen molar-refractivity contribution in [2.75, 3.05) is 19.5 Å². The molecule has 5 rings (SSSR count). The summed E-state index contributed by atoms with van der Waals surface area (Å²) in [7, 11) is -3.61. The number of carbonyl (C=O) groups excluding carboxylic acids is 3. The minimum atomic E-state index is -3.61. The van der Waals surface area contributed by atoms with E-state index in [4.69, 9.17) is 37.5 Å². The molecule has 14 heteroatoms. The number of sulfonamides is 1. The van der Waals surface area contributed by atoms with Gasteiger partial charge in [-0.1, -0.05) is 72.4 Å². The van der Waals surface area contributed by atoms with E-state index < -0.39 is 40.0 Å². The number of rotatable bonds is 14. The maximum atomic E-state index is 14.4. The Hall–Kier alpha value is -3.68. The first-order valence-electron chi connectivity index (χ1n) is 16.6. The van der Waals surface area contributed by atoms with Crippen LogP contribution in [0.15, 0.2) is 66.7 Å². The third kappa shape index (κ3) is 9.35. The first-order valence-corrected chi connectivity index (χ1v) is 19.2. The molecule has 0 bridgehead atoms. The van der Waals surface area contributed by atoms with Crippen LogP contribution in [-0.2, 0) is 35.8 Å². The highest BCUT2D eigenvalue weighted by Gasteiger charge is 2.49. The highest BCUT2D eigenvalue weighted by atomic mass is 35.5. The third-order valence-electron chi connectivity index (χ3n) is 8.83. The smallest absolute Gasteiger partial charge is 0.305 e. The summed E-state index contributed by atoms with van der Waals surface area (Å²) in [5.41, 5.74) is 4.71. The summed E-state index contributed by atoms with van der Waals surface area (Å²) in [6.07, 6.45) is 4.52. The second-order valence-electron chi connectivity index (χ2n) is 12.4. The number of amides is 2. The van der Waals surface area contributed by atoms with Crippen LogP contribution in [0.25, 0.3) is 0 Å². The molecule has 0 radical (unpaired) electrons. The summed E-state index contributed by atoms with van der Waals surface area (Å²) in [4.78, 5) is 47.5. The zero-order valence-corrected chi connectivity index (χ0v) is 30.2. The Kier molecular flexibility index (Phi) is 12.8. The highest BCUT2D eigenvalue weighted by Crippen LogP contribution is 2.48. The number of ether oxygens (including phenoxy) is 2. The lowest BCUT2D eigenvalue weighted by molar-refractivity contribution is -0.143. The number of fused-ring (bicyclic) bond motifs is 1. The average Bonchev–Trinajstić information content (AvgIpc) is 3.07. The van der Waals surface area contributed by atoms with Gasteiger partial charge in [-0.25, -0.2) is 18.6 Å². The molecule has 1 fully saturated rings. The van der Waals surface area contributed by atoms with Gasteiger partial charge in [-0.2, -0.15) is 0 Å². The van der Waals surface area contributed by atoms with Crippen molar-refractivity contribution in [3.05, 3.63) is 99.0 Å². The van der Waals surface area contributed by atoms with Gasteiger partial charge in [0, 0.05) is 34.1 Å². The fourth-order valence-electron chi connectivity index (χ4n) is 6.70. The number of halogens is 2. The van der Waals surface area contributed by atoms with Crippen molar-refractivity contribution in [1.29, 1.82) is 0 Å². The van der Waals surface area contributed by atoms with E-state index in [1.54, 1.807) is 78.6 Å². The Morgan fingerprint density at radius 1 is 0.980 bits per heavy atom. The topological polar surface area (TPSA) is 140 Å². The summed E-state index contributed by atoms with van der Waals surface area (Å²) >= 11 is 13.1. The first-order chi connectivity index (χ1) is 24.0. The van der Waals surface area contributed by atoms with E-state index >= 15 is 0 Å². The molecule has 0 spiro atoms. The molecule has 50 heavy (non-hydrogen) atoms. The predicted molar refractivity (Wildman–Crippen MR) is 189 cm³/mol. The van der Waals surface area contributed by atoms with Crippen LogP contribution in [0.5, 0.6) is 5.75 Å². The summed E-state index contributed by atoms with van der Waals surface area (Å²) in [6.45, 7) is 2.51. The number of benzene rings is 3. The van der Waals surface area contributed by atoms with Crippen molar-refractivity contribution in [2.24, 2.45) is 0 Å². The van der Waals surface area contributed by atoms with E-state index in [1.807, 2.05) is 0 Å². The van der Waals surface area contributed by atoms with Gasteiger partial charge in [0.15, 0.2) is 0 Å². The van der Waals surface area contributed by atoms with Gasteiger partial charge in [-0.15, -0.1) is 0 Å². The molecule has 2 amide bonds. The zero-order chi connectivity index (χ0) is 35.8. The van der Waals surface area contributed by atoms with Crippen LogP contribution < -0.4 is 14.9 Å². The van der Waals surface area contributed by atoms with Gasteiger partial charge in [0.1, 0.15) is 5.75 Å². The molecule has 3 aromatic rings. The van der Waals surface area contributed by atoms with Crippen LogP contribution in [0, 0.1) is 0 Å². The van der Waals surface area contributed by atoms with Crippen LogP contribution in [0.3, 0.4) is 0 Å². The lowest BCUT2D eigenvalue weighted by atomic mass is 9.76. The number of nitrogens with one attached hydrogen (secondary N) is 2. The fraction of sp³-hybridized carbons (Fsp3) is 0.417. The molecular weight excluding hydrogens is 705 g/mol. The van der Waals surface area contributed by atoms with Gasteiger partial charge < -0.3 is 14.4 Å². The Labute approximate surface area is 302 Å². The Morgan fingerprint density at radius 2 is 1.72 bits per heavy atom. The van der Waals surface area contributed by atoms with Crippen molar-refractivity contribution >= 4 is 51.0 Å². The van der Waals surface area contributed by atoms with Gasteiger partial charge in [0.2, 0.25) is 10.0 Å². The normalized spacial score (nSPS) is 20.6. The van der Waals surface area contributed by atoms with Crippen molar-refractivity contribution in [3.63, 3.8) is 0 Å². The van der Waals surface area contributed by atoms with Crippen LogP contribution in [0.1, 0.15) is 84.5 Å². The summed E-state index contributed by atoms with van der Waals surface area (Å²) in [6, 6.07) is 17.0. The zero-order valence-electron chi connectivity index (χ0n) is 27.9. The number of hydrogen-bond donors (Lipinski definition) is 2. The first kappa shape index (κ1) is 37.6. The van der Waals surface area contributed by atoms with E-state index in [-0.39, 0.29) is 29.9 Å². The molecule has 1 aliphatic heterocycles. The lowest BCUT2D eigenvalue weighted by Gasteiger charge is -2.49. The lowest BCUT2D eigenvalue weighted by Crippen LogP contribution is -2.59. The standard InChI is InChI=1S/C36H41Cl2N3O8S/c1-3-47-32(42)13-8-20-48-25-17-14-23(15-18-25)22-49-39-35(43)33-26-9-4-5-10-27(26)36(44)41(34(33)28-19-16-24(37)21-29(28)38)31-12-7-6-11-30(31)40-50(2,45)46/h4-5,9-10,14-19,21,30-31,33-34,40H,3,6-8,11-13,20,22H2,1-2H3,(H,39,43)/t30-,31-,33+,34-/m0/s1. The monoisotopic (exact) mass is 745 g/mol. The van der Waals surface area contributed by atoms with Crippen molar-refractivity contribution in [1.82, 2.24) is 15.1 Å². The number of hydrogen-bond acceptors (Lipinski definition) is 8. The van der Waals surface area contributed by atoms with Crippen LogP contribution in [0.2, 0.25) is 10.0 Å². The molecule has 1 heterocycles. The molecule has 268 valence electrons. The summed E-state index contributed by atoms with van der Waals surface area (Å²) in [5, 5.41) is 0.657. The molecule has 2 aliphatic rings. The number of hydroxylamine groups is 1. The number of carbonyl (C=O) groups is 3. The van der Waals surface area contributed by atoms with E-state index in [0.717, 1.165) is 24.7 Å². The van der Waals surface area contributed by atoms with Crippen LogP contribution in [-0.4, -0.2) is 62.7 Å². The fourth-order valence-corrected chi connectivity index (χ4v) is 8.05. The van der Waals surface area contributed by atoms with Gasteiger partial charge in [0.25, 0.3) is 11.8 Å². The second-order valence-corrected chi connectivity index (χ2v) is 15.0. The molecule has 1 aliphatic carbocycles. The van der Waals surface area contributed by atoms with Crippen molar-refractivity contribution in [3.8, 4) is 5.75 Å². The quantitative estimate of drug-likeness (QED) is 0.115. The maximum absolute atomic E-state index is 14.4. The largest absolute Gasteiger partial charge is 0.494 e. The highest BCUT2D eigenvalue weighted by molar-refractivity contribution is 7.88. The van der Waals surface area contributed by atoms with Gasteiger partial charge >= 0.3 is 5.97 Å². The van der Waals surface area contributed by atoms with E-state index in [9.17, 15) is 22.8 Å². The molecule has 0 unspecified atom stereocenters. The Bertz CT molecular complexity index is 1790. The average molecular weight is 747 g/mol. The molecule has 0 aromatic heterocycles. The molecule has 3 aromatic carbocycles. The Morgan fingerprint density at radius 3 is 2.44 bits per heavy atom. The molecule has 2 N–H and O–H groups in total. The Balaban J connectivity index is 1.38. The second kappa shape index (κ2) is 17.0. The SMILES string of the molecule is CCOC(=O)CCCOc1ccc(CONC(=O)[C@@H]2c3ccccc3C(=O)N([C@H]3CCCC[C@@H]3NS(C)(=O)=O)[C@H]2c2ccc(Cl)cc2Cl)cc1. The molecule has 0 saturated heterocycles. The minimum absolute atomic E-state index is 0.0429. The van der Waals surface area contributed by atoms with Crippen molar-refractivity contribution < 1.29 is 37.1 Å². The number of nitrogens with zero attached hydrogens (tertiary/aromatic N) is 1. The number of esters is 1. The molecule has 1 saturated carbocycles. The van der Waals surface area contributed by atoms with E-state index in [1.165, 1.54) is 0 Å². The molecular formula is C36H41Cl2N3O8S.